The molecule has 1 aliphatic carbocycles. The molecular weight excluding hydrogens is 591 g/mol. The predicted octanol–water partition coefficient (Wildman–Crippen LogP) is 11.6. The summed E-state index contributed by atoms with van der Waals surface area (Å²) in [7, 11) is 0. The van der Waals surface area contributed by atoms with Gasteiger partial charge in [-0.05, 0) is 58.7 Å². The molecule has 0 unspecified atom stereocenters. The molecule has 3 aromatic heterocycles. The summed E-state index contributed by atoms with van der Waals surface area (Å²) in [5.41, 5.74) is 13.0. The molecule has 10 rings (SSSR count). The average Bonchev–Trinajstić information content (AvgIpc) is 3.73. The summed E-state index contributed by atoms with van der Waals surface area (Å²) in [6, 6.07) is 50.3. The molecule has 0 spiro atoms. The van der Waals surface area contributed by atoms with Crippen LogP contribution in [0.3, 0.4) is 0 Å². The summed E-state index contributed by atoms with van der Waals surface area (Å²) in [4.78, 5) is 10.4. The van der Waals surface area contributed by atoms with E-state index in [0.29, 0.717) is 0 Å². The number of para-hydroxylation sites is 1. The zero-order chi connectivity index (χ0) is 31.3. The van der Waals surface area contributed by atoms with Crippen LogP contribution >= 0.6 is 11.3 Å². The van der Waals surface area contributed by atoms with Crippen LogP contribution < -0.4 is 0 Å². The van der Waals surface area contributed by atoms with Crippen molar-refractivity contribution in [2.45, 2.75) is 19.3 Å². The van der Waals surface area contributed by atoms with Crippen LogP contribution in [0.2, 0.25) is 0 Å². The van der Waals surface area contributed by atoms with Gasteiger partial charge in [-0.25, -0.2) is 9.97 Å². The van der Waals surface area contributed by atoms with Crippen LogP contribution in [0.4, 0.5) is 0 Å². The molecule has 4 heteroatoms. The molecule has 222 valence electrons. The molecule has 0 amide bonds. The van der Waals surface area contributed by atoms with Crippen LogP contribution in [0.1, 0.15) is 25.0 Å². The SMILES string of the molecule is CC1(C)c2ccccc2-c2cc3c(cc21)c1ccccc1n3-c1cccc(-c2nc(-c3ccccc3)nc3c2sc2ccccc23)c1. The van der Waals surface area contributed by atoms with Crippen molar-refractivity contribution in [3.8, 4) is 39.5 Å². The molecule has 0 radical (unpaired) electrons. The Bertz CT molecular complexity index is 2710. The fraction of sp³-hybridized carbons (Fsp3) is 0.0698. The molecule has 47 heavy (non-hydrogen) atoms. The second-order valence-electron chi connectivity index (χ2n) is 13.0. The van der Waals surface area contributed by atoms with Gasteiger partial charge in [0.05, 0.1) is 26.9 Å². The zero-order valence-corrected chi connectivity index (χ0v) is 26.8. The maximum atomic E-state index is 5.26. The first kappa shape index (κ1) is 26.6. The third-order valence-electron chi connectivity index (χ3n) is 10.0. The first-order valence-corrected chi connectivity index (χ1v) is 16.9. The number of benzene rings is 6. The Morgan fingerprint density at radius 2 is 1.30 bits per heavy atom. The van der Waals surface area contributed by atoms with Gasteiger partial charge in [-0.1, -0.05) is 117 Å². The zero-order valence-electron chi connectivity index (χ0n) is 26.0. The summed E-state index contributed by atoms with van der Waals surface area (Å²) < 4.78 is 4.77. The fourth-order valence-electron chi connectivity index (χ4n) is 7.74. The first-order valence-electron chi connectivity index (χ1n) is 16.1. The Kier molecular flexibility index (Phi) is 5.50. The predicted molar refractivity (Wildman–Crippen MR) is 198 cm³/mol. The molecule has 0 bridgehead atoms. The second kappa shape index (κ2) is 9.71. The summed E-state index contributed by atoms with van der Waals surface area (Å²) in [6.45, 7) is 4.71. The lowest BCUT2D eigenvalue weighted by Gasteiger charge is -2.21. The molecule has 0 aliphatic heterocycles. The van der Waals surface area contributed by atoms with Crippen molar-refractivity contribution in [2.24, 2.45) is 0 Å². The summed E-state index contributed by atoms with van der Waals surface area (Å²) in [6.07, 6.45) is 0. The van der Waals surface area contributed by atoms with Gasteiger partial charge in [0.2, 0.25) is 0 Å². The number of thiophene rings is 1. The van der Waals surface area contributed by atoms with E-state index in [2.05, 4.69) is 140 Å². The topological polar surface area (TPSA) is 30.7 Å². The van der Waals surface area contributed by atoms with E-state index in [9.17, 15) is 0 Å². The van der Waals surface area contributed by atoms with Crippen molar-refractivity contribution in [3.63, 3.8) is 0 Å². The van der Waals surface area contributed by atoms with Crippen LogP contribution in [0, 0.1) is 0 Å². The van der Waals surface area contributed by atoms with E-state index in [4.69, 9.17) is 9.97 Å². The normalized spacial score (nSPS) is 13.5. The number of nitrogens with zero attached hydrogens (tertiary/aromatic N) is 3. The van der Waals surface area contributed by atoms with Gasteiger partial charge >= 0.3 is 0 Å². The first-order chi connectivity index (χ1) is 23.1. The lowest BCUT2D eigenvalue weighted by atomic mass is 9.82. The molecule has 3 nitrogen and oxygen atoms in total. The molecule has 0 saturated heterocycles. The molecule has 0 atom stereocenters. The van der Waals surface area contributed by atoms with Crippen molar-refractivity contribution in [1.82, 2.24) is 14.5 Å². The largest absolute Gasteiger partial charge is 0.309 e. The van der Waals surface area contributed by atoms with Crippen LogP contribution in [0.15, 0.2) is 140 Å². The number of fused-ring (bicyclic) bond motifs is 9. The molecule has 1 aliphatic rings. The van der Waals surface area contributed by atoms with E-state index in [1.54, 1.807) is 11.3 Å². The van der Waals surface area contributed by atoms with E-state index in [1.807, 2.05) is 18.2 Å². The minimum atomic E-state index is -0.0532. The van der Waals surface area contributed by atoms with E-state index in [1.165, 1.54) is 54.1 Å². The molecule has 3 heterocycles. The molecule has 9 aromatic rings. The molecule has 0 fully saturated rings. The third kappa shape index (κ3) is 3.79. The smallest absolute Gasteiger partial charge is 0.160 e. The Balaban J connectivity index is 1.24. The van der Waals surface area contributed by atoms with Crippen molar-refractivity contribution in [1.29, 1.82) is 0 Å². The highest BCUT2D eigenvalue weighted by atomic mass is 32.1. The highest BCUT2D eigenvalue weighted by Gasteiger charge is 2.36. The lowest BCUT2D eigenvalue weighted by Crippen LogP contribution is -2.14. The van der Waals surface area contributed by atoms with Gasteiger partial charge in [0.25, 0.3) is 0 Å². The quantitative estimate of drug-likeness (QED) is 0.197. The number of hydrogen-bond acceptors (Lipinski definition) is 3. The van der Waals surface area contributed by atoms with Gasteiger partial charge in [0.1, 0.15) is 0 Å². The van der Waals surface area contributed by atoms with Gasteiger partial charge in [0, 0.05) is 43.1 Å². The van der Waals surface area contributed by atoms with Crippen molar-refractivity contribution < 1.29 is 0 Å². The Labute approximate surface area is 276 Å². The highest BCUT2D eigenvalue weighted by Crippen LogP contribution is 2.51. The minimum Gasteiger partial charge on any atom is -0.309 e. The molecule has 6 aromatic carbocycles. The molecular formula is C43H29N3S. The van der Waals surface area contributed by atoms with Gasteiger partial charge in [0.15, 0.2) is 5.82 Å². The van der Waals surface area contributed by atoms with Gasteiger partial charge in [-0.3, -0.25) is 0 Å². The van der Waals surface area contributed by atoms with Crippen LogP contribution in [0.25, 0.3) is 81.6 Å². The number of hydrogen-bond donors (Lipinski definition) is 0. The number of aromatic nitrogens is 3. The van der Waals surface area contributed by atoms with E-state index in [0.717, 1.165) is 38.5 Å². The molecule has 0 saturated carbocycles. The van der Waals surface area contributed by atoms with Crippen LogP contribution in [0.5, 0.6) is 0 Å². The Morgan fingerprint density at radius 3 is 2.19 bits per heavy atom. The summed E-state index contributed by atoms with van der Waals surface area (Å²) in [5.74, 6) is 0.746. The van der Waals surface area contributed by atoms with Crippen LogP contribution in [-0.2, 0) is 5.41 Å². The fourth-order valence-corrected chi connectivity index (χ4v) is 8.89. The lowest BCUT2D eigenvalue weighted by molar-refractivity contribution is 0.661. The van der Waals surface area contributed by atoms with Crippen molar-refractivity contribution in [2.75, 3.05) is 0 Å². The average molecular weight is 620 g/mol. The Hall–Kier alpha value is -5.58. The van der Waals surface area contributed by atoms with Crippen molar-refractivity contribution in [3.05, 3.63) is 151 Å². The van der Waals surface area contributed by atoms with Gasteiger partial charge in [-0.15, -0.1) is 11.3 Å². The maximum Gasteiger partial charge on any atom is 0.160 e. The highest BCUT2D eigenvalue weighted by molar-refractivity contribution is 7.26. The van der Waals surface area contributed by atoms with Gasteiger partial charge < -0.3 is 4.57 Å². The second-order valence-corrected chi connectivity index (χ2v) is 14.1. The monoisotopic (exact) mass is 619 g/mol. The standard InChI is InChI=1S/C43H29N3S/c1-43(2)34-20-9-6-17-29(34)32-25-37-33(24-35(32)43)30-18-7-10-21-36(30)46(37)28-16-12-15-27(23-28)39-41-40(31-19-8-11-22-38(31)47-41)45-42(44-39)26-13-4-3-5-14-26/h3-25H,1-2H3. The minimum absolute atomic E-state index is 0.0532. The third-order valence-corrected chi connectivity index (χ3v) is 11.2. The van der Waals surface area contributed by atoms with Crippen LogP contribution in [-0.4, -0.2) is 14.5 Å². The Morgan fingerprint density at radius 1 is 0.553 bits per heavy atom. The van der Waals surface area contributed by atoms with E-state index in [-0.39, 0.29) is 5.41 Å². The summed E-state index contributed by atoms with van der Waals surface area (Å²) >= 11 is 1.77. The molecule has 0 N–H and O–H groups in total. The van der Waals surface area contributed by atoms with E-state index < -0.39 is 0 Å². The maximum absolute atomic E-state index is 5.26. The van der Waals surface area contributed by atoms with Crippen molar-refractivity contribution >= 4 is 53.4 Å². The summed E-state index contributed by atoms with van der Waals surface area (Å²) in [5, 5.41) is 3.72. The van der Waals surface area contributed by atoms with E-state index >= 15 is 0 Å². The number of rotatable bonds is 3. The van der Waals surface area contributed by atoms with Gasteiger partial charge in [-0.2, -0.15) is 0 Å².